The van der Waals surface area contributed by atoms with Gasteiger partial charge in [-0.2, -0.15) is 0 Å². The molecule has 3 aromatic carbocycles. The molecule has 0 saturated carbocycles. The molecule has 1 aliphatic heterocycles. The Morgan fingerprint density at radius 3 is 2.15 bits per heavy atom. The number of benzene rings is 3. The van der Waals surface area contributed by atoms with Crippen molar-refractivity contribution in [3.05, 3.63) is 99.3 Å². The van der Waals surface area contributed by atoms with Crippen LogP contribution in [0.4, 0.5) is 5.69 Å². The maximum Gasteiger partial charge on any atom is 0.312 e. The highest BCUT2D eigenvalue weighted by Gasteiger charge is 2.16. The molecule has 0 N–H and O–H groups in total. The molecule has 4 aromatic rings. The predicted molar refractivity (Wildman–Crippen MR) is 104 cm³/mol. The second-order valence-corrected chi connectivity index (χ2v) is 6.39. The van der Waals surface area contributed by atoms with E-state index in [-0.39, 0.29) is 11.3 Å². The van der Waals surface area contributed by atoms with E-state index in [9.17, 15) is 10.1 Å². The number of fused-ring (bicyclic) bond motifs is 3. The Kier molecular flexibility index (Phi) is 4.52. The Labute approximate surface area is 159 Å². The Hall–Kier alpha value is -3.31. The van der Waals surface area contributed by atoms with Crippen molar-refractivity contribution >= 4 is 28.3 Å². The van der Waals surface area contributed by atoms with Crippen LogP contribution in [0.15, 0.2) is 77.4 Å². The van der Waals surface area contributed by atoms with Gasteiger partial charge in [-0.05, 0) is 35.4 Å². The summed E-state index contributed by atoms with van der Waals surface area (Å²) in [7, 11) is 0. The Bertz CT molecular complexity index is 1050. The summed E-state index contributed by atoms with van der Waals surface area (Å²) in [6, 6.07) is 20.8. The highest BCUT2D eigenvalue weighted by molar-refractivity contribution is 6.35. The van der Waals surface area contributed by atoms with E-state index in [4.69, 9.17) is 20.8 Å². The minimum atomic E-state index is -0.498. The lowest BCUT2D eigenvalue weighted by atomic mass is 10.0. The molecule has 6 heteroatoms. The molecule has 0 spiro atoms. The summed E-state index contributed by atoms with van der Waals surface area (Å²) in [5.74, 6) is 1.98. The molecular weight excluding hydrogens is 366 g/mol. The maximum atomic E-state index is 10.5. The number of rotatable bonds is 1. The molecule has 0 fully saturated rings. The molecule has 1 aromatic heterocycles. The van der Waals surface area contributed by atoms with Gasteiger partial charge >= 0.3 is 5.69 Å². The van der Waals surface area contributed by atoms with E-state index >= 15 is 0 Å². The number of para-hydroxylation sites is 2. The largest absolute Gasteiger partial charge is 0.457 e. The first-order valence-electron chi connectivity index (χ1n) is 8.27. The van der Waals surface area contributed by atoms with Crippen LogP contribution in [0.2, 0.25) is 5.02 Å². The zero-order valence-corrected chi connectivity index (χ0v) is 14.8. The normalized spacial score (nSPS) is 11.6. The van der Waals surface area contributed by atoms with Gasteiger partial charge in [0, 0.05) is 17.9 Å². The summed E-state index contributed by atoms with van der Waals surface area (Å²) in [6.45, 7) is 0. The zero-order valence-electron chi connectivity index (χ0n) is 14.1. The summed E-state index contributed by atoms with van der Waals surface area (Å²) in [5.41, 5.74) is 2.69. The average Bonchev–Trinajstić information content (AvgIpc) is 3.17. The molecule has 0 radical (unpaired) electrons. The summed E-state index contributed by atoms with van der Waals surface area (Å²) in [5, 5.41) is 11.5. The van der Waals surface area contributed by atoms with Crippen molar-refractivity contribution < 1.29 is 14.1 Å². The number of nitro groups is 1. The van der Waals surface area contributed by atoms with Gasteiger partial charge in [-0.1, -0.05) is 48.0 Å². The first kappa shape index (κ1) is 17.1. The molecule has 1 aliphatic rings. The number of hydrogen-bond donors (Lipinski definition) is 0. The van der Waals surface area contributed by atoms with Gasteiger partial charge in [0.2, 0.25) is 5.58 Å². The molecule has 5 rings (SSSR count). The minimum absolute atomic E-state index is 0.0654. The van der Waals surface area contributed by atoms with E-state index in [2.05, 4.69) is 24.3 Å². The topological polar surface area (TPSA) is 65.5 Å². The fourth-order valence-corrected chi connectivity index (χ4v) is 3.19. The van der Waals surface area contributed by atoms with E-state index in [1.807, 2.05) is 24.3 Å². The molecule has 134 valence electrons. The van der Waals surface area contributed by atoms with Crippen molar-refractivity contribution in [3.63, 3.8) is 0 Å². The standard InChI is InChI=1S/C13H10O.C8H4ClNO3/c1-3-7-12-10(5-1)9-11-6-2-4-8-13(11)14-12;9-6-1-2-7(10(11)12)8-5(6)3-4-13-8/h1-8H,9H2;1-4H. The quantitative estimate of drug-likeness (QED) is 0.250. The van der Waals surface area contributed by atoms with E-state index in [0.717, 1.165) is 17.9 Å². The Balaban J connectivity index is 0.000000134. The molecule has 27 heavy (non-hydrogen) atoms. The number of ether oxygens (including phenoxy) is 1. The first-order valence-corrected chi connectivity index (χ1v) is 8.65. The third kappa shape index (κ3) is 3.37. The van der Waals surface area contributed by atoms with Crippen LogP contribution in [0, 0.1) is 10.1 Å². The smallest absolute Gasteiger partial charge is 0.312 e. The third-order valence-corrected chi connectivity index (χ3v) is 4.62. The van der Waals surface area contributed by atoms with Crippen molar-refractivity contribution in [2.75, 3.05) is 0 Å². The van der Waals surface area contributed by atoms with Gasteiger partial charge in [-0.15, -0.1) is 0 Å². The number of hydrogen-bond acceptors (Lipinski definition) is 4. The highest BCUT2D eigenvalue weighted by atomic mass is 35.5. The van der Waals surface area contributed by atoms with Crippen LogP contribution in [0.25, 0.3) is 11.0 Å². The van der Waals surface area contributed by atoms with Crippen LogP contribution in [0.5, 0.6) is 11.5 Å². The lowest BCUT2D eigenvalue weighted by molar-refractivity contribution is -0.383. The fraction of sp³-hybridized carbons (Fsp3) is 0.0476. The van der Waals surface area contributed by atoms with Crippen molar-refractivity contribution in [1.29, 1.82) is 0 Å². The third-order valence-electron chi connectivity index (χ3n) is 4.29. The van der Waals surface area contributed by atoms with Crippen LogP contribution in [-0.4, -0.2) is 4.92 Å². The number of non-ortho nitro benzene ring substituents is 1. The van der Waals surface area contributed by atoms with Crippen molar-refractivity contribution in [2.24, 2.45) is 0 Å². The van der Waals surface area contributed by atoms with Crippen molar-refractivity contribution in [3.8, 4) is 11.5 Å². The lowest BCUT2D eigenvalue weighted by Gasteiger charge is -2.19. The second kappa shape index (κ2) is 7.13. The number of halogens is 1. The second-order valence-electron chi connectivity index (χ2n) is 5.98. The van der Waals surface area contributed by atoms with Crippen LogP contribution >= 0.6 is 11.6 Å². The van der Waals surface area contributed by atoms with Crippen molar-refractivity contribution in [2.45, 2.75) is 6.42 Å². The molecule has 0 aliphatic carbocycles. The van der Waals surface area contributed by atoms with Gasteiger partial charge < -0.3 is 9.15 Å². The van der Waals surface area contributed by atoms with Crippen LogP contribution < -0.4 is 4.74 Å². The lowest BCUT2D eigenvalue weighted by Crippen LogP contribution is -2.01. The van der Waals surface area contributed by atoms with Gasteiger partial charge in [-0.3, -0.25) is 10.1 Å². The SMILES string of the molecule is O=[N+]([O-])c1ccc(Cl)c2ccoc12.c1ccc2c(c1)Cc1ccccc1O2. The van der Waals surface area contributed by atoms with Crippen LogP contribution in [0.1, 0.15) is 11.1 Å². The summed E-state index contributed by atoms with van der Waals surface area (Å²) in [4.78, 5) is 10.0. The van der Waals surface area contributed by atoms with E-state index in [1.54, 1.807) is 6.07 Å². The number of furan rings is 1. The van der Waals surface area contributed by atoms with E-state index in [1.165, 1.54) is 29.5 Å². The van der Waals surface area contributed by atoms with Gasteiger partial charge in [0.05, 0.1) is 16.2 Å². The predicted octanol–water partition coefficient (Wildman–Crippen LogP) is 6.38. The molecule has 0 atom stereocenters. The molecule has 0 amide bonds. The summed E-state index contributed by atoms with van der Waals surface area (Å²) in [6.07, 6.45) is 2.36. The average molecular weight is 380 g/mol. The van der Waals surface area contributed by atoms with Crippen LogP contribution in [0.3, 0.4) is 0 Å². The summed E-state index contributed by atoms with van der Waals surface area (Å²) < 4.78 is 10.7. The van der Waals surface area contributed by atoms with Gasteiger partial charge in [-0.25, -0.2) is 0 Å². The zero-order chi connectivity index (χ0) is 18.8. The molecule has 2 heterocycles. The van der Waals surface area contributed by atoms with Gasteiger partial charge in [0.1, 0.15) is 11.5 Å². The Morgan fingerprint density at radius 1 is 0.889 bits per heavy atom. The fourth-order valence-electron chi connectivity index (χ4n) is 2.98. The highest BCUT2D eigenvalue weighted by Crippen LogP contribution is 2.35. The minimum Gasteiger partial charge on any atom is -0.457 e. The Morgan fingerprint density at radius 2 is 1.52 bits per heavy atom. The monoisotopic (exact) mass is 379 g/mol. The molecule has 0 unspecified atom stereocenters. The molecule has 0 saturated heterocycles. The van der Waals surface area contributed by atoms with Gasteiger partial charge in [0.25, 0.3) is 0 Å². The number of nitrogens with zero attached hydrogens (tertiary/aromatic N) is 1. The van der Waals surface area contributed by atoms with E-state index < -0.39 is 4.92 Å². The molecule has 5 nitrogen and oxygen atoms in total. The maximum absolute atomic E-state index is 10.5. The van der Waals surface area contributed by atoms with Crippen LogP contribution in [-0.2, 0) is 6.42 Å². The van der Waals surface area contributed by atoms with Crippen molar-refractivity contribution in [1.82, 2.24) is 0 Å². The van der Waals surface area contributed by atoms with E-state index in [0.29, 0.717) is 10.4 Å². The first-order chi connectivity index (χ1) is 13.1. The molecular formula is C21H14ClNO4. The molecule has 0 bridgehead atoms. The van der Waals surface area contributed by atoms with Gasteiger partial charge in [0.15, 0.2) is 0 Å². The summed E-state index contributed by atoms with van der Waals surface area (Å²) >= 11 is 5.79. The number of nitro benzene ring substituents is 1.